The Hall–Kier alpha value is -0.820. The molecule has 3 N–H and O–H groups in total. The first kappa shape index (κ1) is 20.2. The molecule has 2 aromatic rings. The second-order valence-corrected chi connectivity index (χ2v) is 6.60. The molecule has 0 bridgehead atoms. The van der Waals surface area contributed by atoms with E-state index in [0.29, 0.717) is 18.9 Å². The number of nitrogens with two attached hydrogens (primary N) is 1. The molecule has 0 saturated heterocycles. The Bertz CT molecular complexity index is 664. The van der Waals surface area contributed by atoms with E-state index in [9.17, 15) is 4.79 Å². The van der Waals surface area contributed by atoms with E-state index in [1.165, 1.54) is 0 Å². The van der Waals surface area contributed by atoms with E-state index in [1.807, 2.05) is 28.9 Å². The highest BCUT2D eigenvalue weighted by Gasteiger charge is 2.25. The maximum absolute atomic E-state index is 12.0. The second kappa shape index (κ2) is 8.87. The minimum absolute atomic E-state index is 0. The molecule has 3 rings (SSSR count). The van der Waals surface area contributed by atoms with Gasteiger partial charge in [-0.05, 0) is 46.8 Å². The van der Waals surface area contributed by atoms with Gasteiger partial charge in [0.25, 0.3) is 0 Å². The van der Waals surface area contributed by atoms with Gasteiger partial charge in [-0.15, -0.1) is 24.8 Å². The van der Waals surface area contributed by atoms with Gasteiger partial charge in [-0.1, -0.05) is 6.42 Å². The second-order valence-electron chi connectivity index (χ2n) is 5.68. The summed E-state index contributed by atoms with van der Waals surface area (Å²) >= 11 is 3.43. The zero-order valence-electron chi connectivity index (χ0n) is 12.6. The molecule has 128 valence electrons. The van der Waals surface area contributed by atoms with Gasteiger partial charge in [0.15, 0.2) is 0 Å². The van der Waals surface area contributed by atoms with E-state index >= 15 is 0 Å². The number of hydrogen-bond donors (Lipinski definition) is 2. The van der Waals surface area contributed by atoms with Crippen molar-refractivity contribution in [2.24, 2.45) is 11.7 Å². The third-order valence-corrected chi connectivity index (χ3v) is 4.57. The first-order valence-electron chi connectivity index (χ1n) is 7.27. The van der Waals surface area contributed by atoms with Crippen LogP contribution in [0.15, 0.2) is 29.0 Å². The van der Waals surface area contributed by atoms with Crippen LogP contribution in [0.1, 0.15) is 31.4 Å². The van der Waals surface area contributed by atoms with Crippen LogP contribution in [0.5, 0.6) is 0 Å². The van der Waals surface area contributed by atoms with Gasteiger partial charge in [0.1, 0.15) is 5.65 Å². The summed E-state index contributed by atoms with van der Waals surface area (Å²) in [6.45, 7) is 0.458. The van der Waals surface area contributed by atoms with Crippen LogP contribution in [-0.2, 0) is 11.3 Å². The first-order chi connectivity index (χ1) is 10.1. The molecular formula is C15H21BrCl2N4O. The summed E-state index contributed by atoms with van der Waals surface area (Å²) in [5.74, 6) is 0.401. The first-order valence-corrected chi connectivity index (χ1v) is 8.06. The molecule has 23 heavy (non-hydrogen) atoms. The lowest BCUT2D eigenvalue weighted by Gasteiger charge is -2.14. The smallest absolute Gasteiger partial charge is 0.220 e. The van der Waals surface area contributed by atoms with Crippen molar-refractivity contribution in [2.45, 2.75) is 38.3 Å². The zero-order valence-corrected chi connectivity index (χ0v) is 15.8. The Morgan fingerprint density at radius 3 is 2.83 bits per heavy atom. The van der Waals surface area contributed by atoms with Gasteiger partial charge in [0.2, 0.25) is 5.91 Å². The molecule has 0 aromatic carbocycles. The molecule has 1 aliphatic carbocycles. The van der Waals surface area contributed by atoms with Crippen molar-refractivity contribution in [2.75, 3.05) is 0 Å². The number of nitrogens with one attached hydrogen (secondary N) is 1. The summed E-state index contributed by atoms with van der Waals surface area (Å²) in [4.78, 5) is 16.5. The number of imidazole rings is 1. The highest BCUT2D eigenvalue weighted by Crippen LogP contribution is 2.26. The molecule has 0 radical (unpaired) electrons. The normalized spacial score (nSPS) is 19.9. The summed E-state index contributed by atoms with van der Waals surface area (Å²) < 4.78 is 2.94. The average Bonchev–Trinajstić information content (AvgIpc) is 3.02. The molecule has 2 atom stereocenters. The third kappa shape index (κ3) is 5.08. The SMILES string of the molecule is Cl.Cl.N[C@@H]1CCC[C@H]1CC(=O)NCc1cn2cc(Br)ccc2n1. The predicted molar refractivity (Wildman–Crippen MR) is 99.2 cm³/mol. The number of nitrogens with zero attached hydrogens (tertiary/aromatic N) is 2. The molecule has 1 amide bonds. The molecule has 8 heteroatoms. The molecule has 1 saturated carbocycles. The number of halogens is 3. The number of rotatable bonds is 4. The maximum Gasteiger partial charge on any atom is 0.220 e. The standard InChI is InChI=1S/C15H19BrN4O.2ClH/c16-11-4-5-14-19-12(9-20(14)8-11)7-18-15(21)6-10-2-1-3-13(10)17;;/h4-5,8-10,13H,1-3,6-7,17H2,(H,18,21);2*1H/t10-,13+;;/m0../s1. The zero-order chi connectivity index (χ0) is 14.8. The molecule has 0 unspecified atom stereocenters. The highest BCUT2D eigenvalue weighted by molar-refractivity contribution is 9.10. The van der Waals surface area contributed by atoms with Crippen LogP contribution >= 0.6 is 40.7 Å². The summed E-state index contributed by atoms with van der Waals surface area (Å²) in [5, 5.41) is 2.94. The van der Waals surface area contributed by atoms with Crippen LogP contribution in [0.3, 0.4) is 0 Å². The summed E-state index contributed by atoms with van der Waals surface area (Å²) in [5.41, 5.74) is 7.73. The third-order valence-electron chi connectivity index (χ3n) is 4.10. The van der Waals surface area contributed by atoms with Gasteiger partial charge in [-0.3, -0.25) is 4.79 Å². The van der Waals surface area contributed by atoms with Crippen LogP contribution in [0.4, 0.5) is 0 Å². The molecular weight excluding hydrogens is 403 g/mol. The number of pyridine rings is 1. The predicted octanol–water partition coefficient (Wildman–Crippen LogP) is 3.07. The average molecular weight is 424 g/mol. The fourth-order valence-corrected chi connectivity index (χ4v) is 3.27. The van der Waals surface area contributed by atoms with Crippen LogP contribution in [0.2, 0.25) is 0 Å². The van der Waals surface area contributed by atoms with E-state index < -0.39 is 0 Å². The Kier molecular flexibility index (Phi) is 7.80. The van der Waals surface area contributed by atoms with Crippen molar-refractivity contribution in [3.05, 3.63) is 34.7 Å². The van der Waals surface area contributed by atoms with Crippen molar-refractivity contribution >= 4 is 52.3 Å². The number of amides is 1. The Balaban J connectivity index is 0.00000132. The number of hydrogen-bond acceptors (Lipinski definition) is 3. The Morgan fingerprint density at radius 2 is 2.13 bits per heavy atom. The Labute approximate surface area is 156 Å². The van der Waals surface area contributed by atoms with Gasteiger partial charge >= 0.3 is 0 Å². The minimum Gasteiger partial charge on any atom is -0.350 e. The lowest BCUT2D eigenvalue weighted by atomic mass is 10.00. The fourth-order valence-electron chi connectivity index (χ4n) is 2.92. The van der Waals surface area contributed by atoms with Gasteiger partial charge in [-0.2, -0.15) is 0 Å². The van der Waals surface area contributed by atoms with Crippen molar-refractivity contribution in [1.29, 1.82) is 0 Å². The molecule has 2 heterocycles. The molecule has 1 fully saturated rings. The van der Waals surface area contributed by atoms with Crippen molar-refractivity contribution < 1.29 is 4.79 Å². The van der Waals surface area contributed by atoms with Crippen LogP contribution in [0.25, 0.3) is 5.65 Å². The molecule has 2 aromatic heterocycles. The lowest BCUT2D eigenvalue weighted by Crippen LogP contribution is -2.31. The molecule has 0 aliphatic heterocycles. The molecule has 0 spiro atoms. The van der Waals surface area contributed by atoms with Gasteiger partial charge < -0.3 is 15.5 Å². The maximum atomic E-state index is 12.0. The quantitative estimate of drug-likeness (QED) is 0.793. The van der Waals surface area contributed by atoms with Gasteiger partial charge in [-0.25, -0.2) is 4.98 Å². The van der Waals surface area contributed by atoms with Gasteiger partial charge in [0, 0.05) is 29.3 Å². The van der Waals surface area contributed by atoms with Crippen molar-refractivity contribution in [1.82, 2.24) is 14.7 Å². The highest BCUT2D eigenvalue weighted by atomic mass is 79.9. The molecule has 1 aliphatic rings. The number of fused-ring (bicyclic) bond motifs is 1. The summed E-state index contributed by atoms with van der Waals surface area (Å²) in [6.07, 6.45) is 7.66. The summed E-state index contributed by atoms with van der Waals surface area (Å²) in [6, 6.07) is 4.07. The minimum atomic E-state index is 0. The number of aromatic nitrogens is 2. The summed E-state index contributed by atoms with van der Waals surface area (Å²) in [7, 11) is 0. The van der Waals surface area contributed by atoms with Crippen LogP contribution in [0, 0.1) is 5.92 Å². The fraction of sp³-hybridized carbons (Fsp3) is 0.467. The Morgan fingerprint density at radius 1 is 1.35 bits per heavy atom. The topological polar surface area (TPSA) is 72.4 Å². The van der Waals surface area contributed by atoms with Crippen molar-refractivity contribution in [3.8, 4) is 0 Å². The van der Waals surface area contributed by atoms with E-state index in [2.05, 4.69) is 26.2 Å². The van der Waals surface area contributed by atoms with Crippen LogP contribution in [-0.4, -0.2) is 21.3 Å². The molecule has 5 nitrogen and oxygen atoms in total. The largest absolute Gasteiger partial charge is 0.350 e. The van der Waals surface area contributed by atoms with E-state index in [0.717, 1.165) is 35.1 Å². The van der Waals surface area contributed by atoms with Crippen LogP contribution < -0.4 is 11.1 Å². The lowest BCUT2D eigenvalue weighted by molar-refractivity contribution is -0.122. The number of carbonyl (C=O) groups is 1. The van der Waals surface area contributed by atoms with E-state index in [1.54, 1.807) is 0 Å². The monoisotopic (exact) mass is 422 g/mol. The van der Waals surface area contributed by atoms with E-state index in [4.69, 9.17) is 5.73 Å². The number of carbonyl (C=O) groups excluding carboxylic acids is 1. The van der Waals surface area contributed by atoms with Gasteiger partial charge in [0.05, 0.1) is 12.2 Å². The van der Waals surface area contributed by atoms with E-state index in [-0.39, 0.29) is 36.8 Å². The van der Waals surface area contributed by atoms with Crippen molar-refractivity contribution in [3.63, 3.8) is 0 Å².